The number of fused-ring (bicyclic) bond motifs is 1. The molecule has 1 N–H and O–H groups in total. The van der Waals surface area contributed by atoms with Crippen molar-refractivity contribution in [2.24, 2.45) is 11.3 Å². The van der Waals surface area contributed by atoms with Gasteiger partial charge in [0.2, 0.25) is 0 Å². The van der Waals surface area contributed by atoms with Crippen LogP contribution in [0.1, 0.15) is 34.3 Å². The number of carbonyl (C=O) groups excluding carboxylic acids is 1. The third-order valence-corrected chi connectivity index (χ3v) is 5.58. The van der Waals surface area contributed by atoms with E-state index in [0.29, 0.717) is 17.0 Å². The summed E-state index contributed by atoms with van der Waals surface area (Å²) in [6.07, 6.45) is 3.77. The van der Waals surface area contributed by atoms with Crippen LogP contribution in [0.25, 0.3) is 0 Å². The van der Waals surface area contributed by atoms with E-state index in [9.17, 15) is 4.79 Å². The summed E-state index contributed by atoms with van der Waals surface area (Å²) in [6.45, 7) is 3.11. The lowest BCUT2D eigenvalue weighted by atomic mass is 9.57. The maximum atomic E-state index is 12.1. The molecule has 0 aromatic heterocycles. The number of rotatable bonds is 2. The van der Waals surface area contributed by atoms with Gasteiger partial charge in [-0.3, -0.25) is 4.79 Å². The van der Waals surface area contributed by atoms with Crippen molar-refractivity contribution in [1.29, 1.82) is 0 Å². The minimum absolute atomic E-state index is 0.0696. The number of amides is 1. The molecule has 1 spiro atoms. The SMILES string of the molecule is CN1Cc2c(CC3CC4(CNC4)C3)ccc(Cl)c2C1=O. The monoisotopic (exact) mass is 290 g/mol. The predicted molar refractivity (Wildman–Crippen MR) is 79.0 cm³/mol. The molecule has 2 aliphatic heterocycles. The Balaban J connectivity index is 1.56. The van der Waals surface area contributed by atoms with Crippen LogP contribution in [0.15, 0.2) is 12.1 Å². The second-order valence-electron chi connectivity index (χ2n) is 6.80. The number of carbonyl (C=O) groups is 1. The molecule has 1 aliphatic carbocycles. The van der Waals surface area contributed by atoms with Crippen molar-refractivity contribution in [2.75, 3.05) is 20.1 Å². The Kier molecular flexibility index (Phi) is 2.67. The minimum atomic E-state index is 0.0696. The van der Waals surface area contributed by atoms with Crippen LogP contribution >= 0.6 is 11.6 Å². The molecular weight excluding hydrogens is 272 g/mol. The van der Waals surface area contributed by atoms with Gasteiger partial charge in [-0.25, -0.2) is 0 Å². The van der Waals surface area contributed by atoms with E-state index in [4.69, 9.17) is 11.6 Å². The molecule has 3 nitrogen and oxygen atoms in total. The molecule has 4 heteroatoms. The van der Waals surface area contributed by atoms with Crippen LogP contribution in [0, 0.1) is 11.3 Å². The standard InChI is InChI=1S/C16H19ClN2O/c1-19-7-12-11(2-3-13(17)14(12)15(19)20)4-10-5-16(6-10)8-18-9-16/h2-3,10,18H,4-9H2,1H3. The van der Waals surface area contributed by atoms with Crippen LogP contribution in [0.2, 0.25) is 5.02 Å². The van der Waals surface area contributed by atoms with Gasteiger partial charge < -0.3 is 10.2 Å². The molecule has 0 unspecified atom stereocenters. The Morgan fingerprint density at radius 1 is 1.40 bits per heavy atom. The topological polar surface area (TPSA) is 32.3 Å². The van der Waals surface area contributed by atoms with Gasteiger partial charge in [0.15, 0.2) is 0 Å². The zero-order valence-corrected chi connectivity index (χ0v) is 12.5. The highest BCUT2D eigenvalue weighted by Crippen LogP contribution is 2.50. The number of nitrogens with zero attached hydrogens (tertiary/aromatic N) is 1. The first-order chi connectivity index (χ1) is 9.58. The van der Waals surface area contributed by atoms with Crippen LogP contribution in [0.5, 0.6) is 0 Å². The average Bonchev–Trinajstić information content (AvgIpc) is 2.61. The fourth-order valence-electron chi connectivity index (χ4n) is 4.15. The normalized spacial score (nSPS) is 23.7. The smallest absolute Gasteiger partial charge is 0.255 e. The summed E-state index contributed by atoms with van der Waals surface area (Å²) < 4.78 is 0. The molecular formula is C16H19ClN2O. The van der Waals surface area contributed by atoms with E-state index in [-0.39, 0.29) is 5.91 Å². The van der Waals surface area contributed by atoms with E-state index in [0.717, 1.165) is 23.5 Å². The third-order valence-electron chi connectivity index (χ3n) is 5.27. The van der Waals surface area contributed by atoms with Gasteiger partial charge in [0, 0.05) is 26.7 Å². The molecule has 1 aromatic carbocycles. The Morgan fingerprint density at radius 2 is 2.15 bits per heavy atom. The van der Waals surface area contributed by atoms with Gasteiger partial charge in [0.25, 0.3) is 5.91 Å². The molecule has 4 rings (SSSR count). The molecule has 3 aliphatic rings. The summed E-state index contributed by atoms with van der Waals surface area (Å²) in [4.78, 5) is 13.9. The van der Waals surface area contributed by atoms with Crippen molar-refractivity contribution >= 4 is 17.5 Å². The Labute approximate surface area is 124 Å². The zero-order valence-electron chi connectivity index (χ0n) is 11.7. The van der Waals surface area contributed by atoms with Gasteiger partial charge in [-0.1, -0.05) is 17.7 Å². The van der Waals surface area contributed by atoms with Crippen molar-refractivity contribution in [1.82, 2.24) is 10.2 Å². The molecule has 0 radical (unpaired) electrons. The lowest BCUT2D eigenvalue weighted by molar-refractivity contribution is 0.000797. The van der Waals surface area contributed by atoms with Crippen LogP contribution < -0.4 is 5.32 Å². The van der Waals surface area contributed by atoms with Crippen molar-refractivity contribution < 1.29 is 4.79 Å². The van der Waals surface area contributed by atoms with Crippen LogP contribution in [-0.2, 0) is 13.0 Å². The molecule has 1 saturated heterocycles. The summed E-state index contributed by atoms with van der Waals surface area (Å²) in [6, 6.07) is 4.02. The summed E-state index contributed by atoms with van der Waals surface area (Å²) in [5.41, 5.74) is 3.85. The highest BCUT2D eigenvalue weighted by atomic mass is 35.5. The van der Waals surface area contributed by atoms with Crippen LogP contribution in [-0.4, -0.2) is 30.9 Å². The van der Waals surface area contributed by atoms with E-state index in [2.05, 4.69) is 11.4 Å². The maximum absolute atomic E-state index is 12.1. The van der Waals surface area contributed by atoms with Gasteiger partial charge >= 0.3 is 0 Å². The summed E-state index contributed by atoms with van der Waals surface area (Å²) in [5.74, 6) is 0.850. The number of halogens is 1. The van der Waals surface area contributed by atoms with E-state index < -0.39 is 0 Å². The van der Waals surface area contributed by atoms with Gasteiger partial charge in [-0.05, 0) is 47.8 Å². The van der Waals surface area contributed by atoms with Crippen molar-refractivity contribution in [2.45, 2.75) is 25.8 Å². The van der Waals surface area contributed by atoms with E-state index >= 15 is 0 Å². The second kappa shape index (κ2) is 4.22. The van der Waals surface area contributed by atoms with E-state index in [1.807, 2.05) is 13.1 Å². The van der Waals surface area contributed by atoms with Crippen LogP contribution in [0.3, 0.4) is 0 Å². The third kappa shape index (κ3) is 1.73. The van der Waals surface area contributed by atoms with Crippen molar-refractivity contribution in [3.8, 4) is 0 Å². The molecule has 1 saturated carbocycles. The van der Waals surface area contributed by atoms with Gasteiger partial charge in [-0.15, -0.1) is 0 Å². The summed E-state index contributed by atoms with van der Waals surface area (Å²) in [7, 11) is 1.85. The fraction of sp³-hybridized carbons (Fsp3) is 0.562. The second-order valence-corrected chi connectivity index (χ2v) is 7.21. The average molecular weight is 291 g/mol. The van der Waals surface area contributed by atoms with Gasteiger partial charge in [0.05, 0.1) is 10.6 Å². The first kappa shape index (κ1) is 12.7. The zero-order chi connectivity index (χ0) is 13.9. The Bertz CT molecular complexity index is 586. The van der Waals surface area contributed by atoms with Crippen LogP contribution in [0.4, 0.5) is 0 Å². The number of hydrogen-bond acceptors (Lipinski definition) is 2. The lowest BCUT2D eigenvalue weighted by Gasteiger charge is -2.54. The minimum Gasteiger partial charge on any atom is -0.337 e. The molecule has 0 atom stereocenters. The molecule has 1 aromatic rings. The summed E-state index contributed by atoms with van der Waals surface area (Å²) in [5, 5.41) is 3.98. The number of hydrogen-bond donors (Lipinski definition) is 1. The number of benzene rings is 1. The predicted octanol–water partition coefficient (Wildman–Crippen LogP) is 2.47. The highest BCUT2D eigenvalue weighted by molar-refractivity contribution is 6.34. The molecule has 2 fully saturated rings. The first-order valence-corrected chi connectivity index (χ1v) is 7.72. The largest absolute Gasteiger partial charge is 0.337 e. The Morgan fingerprint density at radius 3 is 2.80 bits per heavy atom. The van der Waals surface area contributed by atoms with Crippen molar-refractivity contribution in [3.05, 3.63) is 33.8 Å². The summed E-state index contributed by atoms with van der Waals surface area (Å²) >= 11 is 6.21. The highest BCUT2D eigenvalue weighted by Gasteiger charge is 2.48. The maximum Gasteiger partial charge on any atom is 0.255 e. The lowest BCUT2D eigenvalue weighted by Crippen LogP contribution is -2.60. The van der Waals surface area contributed by atoms with Gasteiger partial charge in [-0.2, -0.15) is 0 Å². The van der Waals surface area contributed by atoms with E-state index in [1.54, 1.807) is 4.90 Å². The van der Waals surface area contributed by atoms with Gasteiger partial charge in [0.1, 0.15) is 0 Å². The molecule has 1 amide bonds. The quantitative estimate of drug-likeness (QED) is 0.907. The molecule has 2 heterocycles. The number of nitrogens with one attached hydrogen (secondary N) is 1. The first-order valence-electron chi connectivity index (χ1n) is 7.34. The van der Waals surface area contributed by atoms with E-state index in [1.165, 1.54) is 31.5 Å². The molecule has 20 heavy (non-hydrogen) atoms. The molecule has 0 bridgehead atoms. The fourth-order valence-corrected chi connectivity index (χ4v) is 4.41. The van der Waals surface area contributed by atoms with Crippen molar-refractivity contribution in [3.63, 3.8) is 0 Å². The Hall–Kier alpha value is -1.06. The molecule has 106 valence electrons.